The van der Waals surface area contributed by atoms with Crippen molar-refractivity contribution in [3.05, 3.63) is 35.6 Å². The van der Waals surface area contributed by atoms with E-state index in [4.69, 9.17) is 0 Å². The first-order chi connectivity index (χ1) is 11.2. The van der Waals surface area contributed by atoms with Gasteiger partial charge < -0.3 is 10.6 Å². The van der Waals surface area contributed by atoms with E-state index in [-0.39, 0.29) is 36.2 Å². The van der Waals surface area contributed by atoms with Crippen LogP contribution in [0.15, 0.2) is 24.3 Å². The van der Waals surface area contributed by atoms with Gasteiger partial charge >= 0.3 is 0 Å². The van der Waals surface area contributed by atoms with Crippen LogP contribution >= 0.6 is 12.4 Å². The van der Waals surface area contributed by atoms with Gasteiger partial charge in [0.25, 0.3) is 0 Å². The van der Waals surface area contributed by atoms with E-state index < -0.39 is 0 Å². The van der Waals surface area contributed by atoms with Crippen molar-refractivity contribution in [2.24, 2.45) is 0 Å². The van der Waals surface area contributed by atoms with Gasteiger partial charge in [0.1, 0.15) is 5.82 Å². The highest BCUT2D eigenvalue weighted by molar-refractivity contribution is 5.85. The smallest absolute Gasteiger partial charge is 0.234 e. The summed E-state index contributed by atoms with van der Waals surface area (Å²) in [5, 5.41) is 6.36. The zero-order chi connectivity index (χ0) is 16.1. The molecule has 4 nitrogen and oxygen atoms in total. The molecule has 1 saturated heterocycles. The predicted molar refractivity (Wildman–Crippen MR) is 95.8 cm³/mol. The summed E-state index contributed by atoms with van der Waals surface area (Å²) >= 11 is 0. The zero-order valence-corrected chi connectivity index (χ0v) is 14.8. The molecule has 0 aromatic heterocycles. The number of hydrogen-bond acceptors (Lipinski definition) is 3. The van der Waals surface area contributed by atoms with E-state index in [0.717, 1.165) is 19.6 Å². The van der Waals surface area contributed by atoms with Gasteiger partial charge in [-0.05, 0) is 18.9 Å². The number of nitrogens with zero attached hydrogens (tertiary/aromatic N) is 1. The van der Waals surface area contributed by atoms with Gasteiger partial charge in [0, 0.05) is 37.3 Å². The molecule has 1 amide bonds. The first kappa shape index (κ1) is 19.2. The van der Waals surface area contributed by atoms with E-state index in [1.54, 1.807) is 18.2 Å². The second-order valence-corrected chi connectivity index (χ2v) is 6.75. The molecule has 1 aromatic carbocycles. The SMILES string of the molecule is Cl.O=C(CN1CCNCC12CCCCC2)NCc1ccccc1F. The fourth-order valence-corrected chi connectivity index (χ4v) is 3.90. The molecule has 1 heterocycles. The van der Waals surface area contributed by atoms with Gasteiger partial charge in [-0.15, -0.1) is 12.4 Å². The fourth-order valence-electron chi connectivity index (χ4n) is 3.90. The summed E-state index contributed by atoms with van der Waals surface area (Å²) in [4.78, 5) is 14.7. The molecule has 1 aliphatic heterocycles. The first-order valence-corrected chi connectivity index (χ1v) is 8.65. The Kier molecular flexibility index (Phi) is 7.02. The van der Waals surface area contributed by atoms with Crippen LogP contribution in [0.25, 0.3) is 0 Å². The molecule has 6 heteroatoms. The molecular weight excluding hydrogens is 329 g/mol. The molecule has 2 fully saturated rings. The molecule has 0 radical (unpaired) electrons. The van der Waals surface area contributed by atoms with E-state index in [0.29, 0.717) is 12.1 Å². The Morgan fingerprint density at radius 3 is 2.75 bits per heavy atom. The summed E-state index contributed by atoms with van der Waals surface area (Å²) in [5.74, 6) is -0.279. The van der Waals surface area contributed by atoms with Gasteiger partial charge in [-0.2, -0.15) is 0 Å². The number of carbonyl (C=O) groups excluding carboxylic acids is 1. The van der Waals surface area contributed by atoms with E-state index in [9.17, 15) is 9.18 Å². The van der Waals surface area contributed by atoms with Crippen LogP contribution in [0.5, 0.6) is 0 Å². The highest BCUT2D eigenvalue weighted by Gasteiger charge is 2.40. The van der Waals surface area contributed by atoms with Gasteiger partial charge in [0.15, 0.2) is 0 Å². The summed E-state index contributed by atoms with van der Waals surface area (Å²) in [6.07, 6.45) is 6.13. The van der Waals surface area contributed by atoms with Gasteiger partial charge in [-0.1, -0.05) is 37.5 Å². The lowest BCUT2D eigenvalue weighted by Gasteiger charge is -2.49. The van der Waals surface area contributed by atoms with Gasteiger partial charge in [0.05, 0.1) is 6.54 Å². The third kappa shape index (κ3) is 4.47. The van der Waals surface area contributed by atoms with Crippen molar-refractivity contribution >= 4 is 18.3 Å². The minimum Gasteiger partial charge on any atom is -0.351 e. The summed E-state index contributed by atoms with van der Waals surface area (Å²) in [5.41, 5.74) is 0.680. The molecule has 1 aromatic rings. The van der Waals surface area contributed by atoms with Crippen molar-refractivity contribution in [3.63, 3.8) is 0 Å². The van der Waals surface area contributed by atoms with E-state index >= 15 is 0 Å². The number of amides is 1. The van der Waals surface area contributed by atoms with E-state index in [1.165, 1.54) is 38.2 Å². The standard InChI is InChI=1S/C18H26FN3O.ClH/c19-16-7-3-2-6-15(16)12-21-17(23)13-22-11-10-20-14-18(22)8-4-1-5-9-18;/h2-3,6-7,20H,1,4-5,8-14H2,(H,21,23);1H. The molecule has 2 aliphatic rings. The summed E-state index contributed by atoms with van der Waals surface area (Å²) in [6.45, 7) is 3.49. The second kappa shape index (κ2) is 8.79. The van der Waals surface area contributed by atoms with Gasteiger partial charge in [-0.25, -0.2) is 4.39 Å². The van der Waals surface area contributed by atoms with Crippen molar-refractivity contribution < 1.29 is 9.18 Å². The van der Waals surface area contributed by atoms with E-state index in [2.05, 4.69) is 15.5 Å². The number of hydrogen-bond donors (Lipinski definition) is 2. The third-order valence-electron chi connectivity index (χ3n) is 5.24. The summed E-state index contributed by atoms with van der Waals surface area (Å²) in [6, 6.07) is 6.59. The average Bonchev–Trinajstić information content (AvgIpc) is 2.57. The van der Waals surface area contributed by atoms with Gasteiger partial charge in [-0.3, -0.25) is 9.69 Å². The monoisotopic (exact) mass is 355 g/mol. The Morgan fingerprint density at radius 1 is 1.25 bits per heavy atom. The maximum absolute atomic E-state index is 13.6. The normalized spacial score (nSPS) is 20.4. The number of piperazine rings is 1. The third-order valence-corrected chi connectivity index (χ3v) is 5.24. The molecular formula is C18H27ClFN3O. The molecule has 134 valence electrons. The number of rotatable bonds is 4. The zero-order valence-electron chi connectivity index (χ0n) is 14.0. The van der Waals surface area contributed by atoms with Crippen LogP contribution in [-0.4, -0.2) is 42.5 Å². The van der Waals surface area contributed by atoms with Gasteiger partial charge in [0.2, 0.25) is 5.91 Å². The molecule has 24 heavy (non-hydrogen) atoms. The molecule has 1 spiro atoms. The molecule has 1 aliphatic carbocycles. The Labute approximate surface area is 149 Å². The number of halogens is 2. The maximum Gasteiger partial charge on any atom is 0.234 e. The average molecular weight is 356 g/mol. The Balaban J connectivity index is 0.00000208. The van der Waals surface area contributed by atoms with E-state index in [1.807, 2.05) is 0 Å². The Bertz CT molecular complexity index is 541. The van der Waals surface area contributed by atoms with Crippen molar-refractivity contribution in [2.75, 3.05) is 26.2 Å². The molecule has 1 saturated carbocycles. The number of nitrogens with one attached hydrogen (secondary N) is 2. The van der Waals surface area contributed by atoms with Crippen molar-refractivity contribution in [1.29, 1.82) is 0 Å². The Hall–Kier alpha value is -1.17. The predicted octanol–water partition coefficient (Wildman–Crippen LogP) is 2.47. The lowest BCUT2D eigenvalue weighted by molar-refractivity contribution is -0.125. The van der Waals surface area contributed by atoms with Crippen LogP contribution in [0, 0.1) is 5.82 Å². The van der Waals surface area contributed by atoms with Crippen LogP contribution in [0.3, 0.4) is 0 Å². The van der Waals surface area contributed by atoms with Crippen LogP contribution in [0.4, 0.5) is 4.39 Å². The minimum atomic E-state index is -0.265. The highest BCUT2D eigenvalue weighted by atomic mass is 35.5. The minimum absolute atomic E-state index is 0. The quantitative estimate of drug-likeness (QED) is 0.872. The van der Waals surface area contributed by atoms with Crippen molar-refractivity contribution in [1.82, 2.24) is 15.5 Å². The first-order valence-electron chi connectivity index (χ1n) is 8.65. The largest absolute Gasteiger partial charge is 0.351 e. The highest BCUT2D eigenvalue weighted by Crippen LogP contribution is 2.34. The molecule has 0 unspecified atom stereocenters. The van der Waals surface area contributed by atoms with Crippen LogP contribution in [0.1, 0.15) is 37.7 Å². The number of benzene rings is 1. The van der Waals surface area contributed by atoms with Crippen LogP contribution in [-0.2, 0) is 11.3 Å². The number of carbonyl (C=O) groups is 1. The molecule has 3 rings (SSSR count). The maximum atomic E-state index is 13.6. The van der Waals surface area contributed by atoms with Crippen molar-refractivity contribution in [3.8, 4) is 0 Å². The summed E-state index contributed by atoms with van der Waals surface area (Å²) < 4.78 is 13.6. The lowest BCUT2D eigenvalue weighted by Crippen LogP contribution is -2.63. The molecule has 0 bridgehead atoms. The van der Waals surface area contributed by atoms with Crippen molar-refractivity contribution in [2.45, 2.75) is 44.2 Å². The van der Waals surface area contributed by atoms with Crippen LogP contribution < -0.4 is 10.6 Å². The topological polar surface area (TPSA) is 44.4 Å². The fraction of sp³-hybridized carbons (Fsp3) is 0.611. The van der Waals surface area contributed by atoms with Crippen LogP contribution in [0.2, 0.25) is 0 Å². The molecule has 0 atom stereocenters. The second-order valence-electron chi connectivity index (χ2n) is 6.75. The summed E-state index contributed by atoms with van der Waals surface area (Å²) in [7, 11) is 0. The Morgan fingerprint density at radius 2 is 2.00 bits per heavy atom. The molecule has 2 N–H and O–H groups in total. The lowest BCUT2D eigenvalue weighted by atomic mass is 9.79.